The number of hydrogen-bond acceptors (Lipinski definition) is 4. The molecule has 1 unspecified atom stereocenters. The molecule has 0 spiro atoms. The van der Waals surface area contributed by atoms with Crippen molar-refractivity contribution in [3.05, 3.63) is 29.8 Å². The minimum absolute atomic E-state index is 0.0996. The van der Waals surface area contributed by atoms with Gasteiger partial charge < -0.3 is 10.2 Å². The lowest BCUT2D eigenvalue weighted by Gasteiger charge is -2.32. The lowest BCUT2D eigenvalue weighted by atomic mass is 9.97. The number of amides is 1. The molecule has 0 radical (unpaired) electrons. The van der Waals surface area contributed by atoms with Crippen LogP contribution in [-0.4, -0.2) is 51.9 Å². The molecule has 2 N–H and O–H groups in total. The Labute approximate surface area is 144 Å². The van der Waals surface area contributed by atoms with Crippen molar-refractivity contribution in [3.8, 4) is 0 Å². The van der Waals surface area contributed by atoms with Gasteiger partial charge in [0.1, 0.15) is 0 Å². The smallest absolute Gasteiger partial charge is 0.253 e. The van der Waals surface area contributed by atoms with Gasteiger partial charge in [0.2, 0.25) is 10.0 Å². The summed E-state index contributed by atoms with van der Waals surface area (Å²) >= 11 is 0. The highest BCUT2D eigenvalue weighted by atomic mass is 32.2. The van der Waals surface area contributed by atoms with E-state index in [9.17, 15) is 13.2 Å². The van der Waals surface area contributed by atoms with E-state index in [1.54, 1.807) is 26.0 Å². The SMILES string of the molecule is CNCC1CCCN(C(=O)c2cccc(S(=O)(=O)NC(C)C)c2)C1. The summed E-state index contributed by atoms with van der Waals surface area (Å²) in [6, 6.07) is 6.09. The summed E-state index contributed by atoms with van der Waals surface area (Å²) in [6.07, 6.45) is 2.09. The van der Waals surface area contributed by atoms with Crippen LogP contribution in [0.2, 0.25) is 0 Å². The molecular formula is C17H27N3O3S. The predicted octanol–water partition coefficient (Wildman–Crippen LogP) is 1.44. The molecule has 7 heteroatoms. The van der Waals surface area contributed by atoms with Crippen LogP contribution in [0.3, 0.4) is 0 Å². The fourth-order valence-electron chi connectivity index (χ4n) is 3.06. The van der Waals surface area contributed by atoms with E-state index >= 15 is 0 Å². The molecule has 2 rings (SSSR count). The number of benzene rings is 1. The Bertz CT molecular complexity index is 671. The number of nitrogens with zero attached hydrogens (tertiary/aromatic N) is 1. The van der Waals surface area contributed by atoms with Crippen LogP contribution in [0.5, 0.6) is 0 Å². The maximum atomic E-state index is 12.7. The maximum absolute atomic E-state index is 12.7. The Morgan fingerprint density at radius 1 is 1.38 bits per heavy atom. The van der Waals surface area contributed by atoms with Gasteiger partial charge in [0, 0.05) is 24.7 Å². The molecule has 1 saturated heterocycles. The standard InChI is InChI=1S/C17H27N3O3S/c1-13(2)19-24(22,23)16-8-4-7-15(10-16)17(21)20-9-5-6-14(12-20)11-18-3/h4,7-8,10,13-14,18-19H,5-6,9,11-12H2,1-3H3. The third-order valence-electron chi connectivity index (χ3n) is 4.08. The van der Waals surface area contributed by atoms with Crippen molar-refractivity contribution in [2.45, 2.75) is 37.6 Å². The fourth-order valence-corrected chi connectivity index (χ4v) is 4.36. The van der Waals surface area contributed by atoms with Crippen molar-refractivity contribution in [1.29, 1.82) is 0 Å². The van der Waals surface area contributed by atoms with Crippen LogP contribution in [0.15, 0.2) is 29.2 Å². The van der Waals surface area contributed by atoms with Crippen molar-refractivity contribution >= 4 is 15.9 Å². The molecular weight excluding hydrogens is 326 g/mol. The second kappa shape index (κ2) is 8.09. The van der Waals surface area contributed by atoms with Crippen molar-refractivity contribution in [2.24, 2.45) is 5.92 Å². The minimum Gasteiger partial charge on any atom is -0.338 e. The van der Waals surface area contributed by atoms with Gasteiger partial charge in [-0.1, -0.05) is 6.07 Å². The third-order valence-corrected chi connectivity index (χ3v) is 5.74. The van der Waals surface area contributed by atoms with E-state index in [0.717, 1.165) is 25.9 Å². The van der Waals surface area contributed by atoms with Crippen molar-refractivity contribution in [2.75, 3.05) is 26.7 Å². The predicted molar refractivity (Wildman–Crippen MR) is 94.5 cm³/mol. The molecule has 1 aromatic rings. The van der Waals surface area contributed by atoms with Crippen molar-refractivity contribution < 1.29 is 13.2 Å². The normalized spacial score (nSPS) is 18.8. The maximum Gasteiger partial charge on any atom is 0.253 e. The van der Waals surface area contributed by atoms with E-state index in [2.05, 4.69) is 10.0 Å². The number of carbonyl (C=O) groups is 1. The second-order valence-corrected chi connectivity index (χ2v) is 8.33. The summed E-state index contributed by atoms with van der Waals surface area (Å²) in [6.45, 7) is 5.85. The average molecular weight is 353 g/mol. The second-order valence-electron chi connectivity index (χ2n) is 6.62. The number of likely N-dealkylation sites (tertiary alicyclic amines) is 1. The highest BCUT2D eigenvalue weighted by Crippen LogP contribution is 2.19. The Morgan fingerprint density at radius 2 is 2.12 bits per heavy atom. The highest BCUT2D eigenvalue weighted by molar-refractivity contribution is 7.89. The van der Waals surface area contributed by atoms with Crippen LogP contribution in [0.25, 0.3) is 0 Å². The number of hydrogen-bond donors (Lipinski definition) is 2. The number of sulfonamides is 1. The van der Waals surface area contributed by atoms with Crippen molar-refractivity contribution in [1.82, 2.24) is 14.9 Å². The Hall–Kier alpha value is -1.44. The summed E-state index contributed by atoms with van der Waals surface area (Å²) in [5.41, 5.74) is 0.423. The number of nitrogens with one attached hydrogen (secondary N) is 2. The first-order valence-corrected chi connectivity index (χ1v) is 9.88. The number of rotatable bonds is 6. The van der Waals surface area contributed by atoms with E-state index in [4.69, 9.17) is 0 Å². The molecule has 0 aromatic heterocycles. The van der Waals surface area contributed by atoms with Gasteiger partial charge >= 0.3 is 0 Å². The van der Waals surface area contributed by atoms with Gasteiger partial charge in [0.25, 0.3) is 5.91 Å². The summed E-state index contributed by atoms with van der Waals surface area (Å²) in [4.78, 5) is 14.7. The highest BCUT2D eigenvalue weighted by Gasteiger charge is 2.25. The van der Waals surface area contributed by atoms with Crippen LogP contribution in [0, 0.1) is 5.92 Å². The van der Waals surface area contributed by atoms with Crippen LogP contribution < -0.4 is 10.0 Å². The van der Waals surface area contributed by atoms with Crippen LogP contribution in [0.1, 0.15) is 37.0 Å². The largest absolute Gasteiger partial charge is 0.338 e. The van der Waals surface area contributed by atoms with Gasteiger partial charge in [0.05, 0.1) is 4.90 Å². The molecule has 1 atom stereocenters. The zero-order chi connectivity index (χ0) is 17.7. The molecule has 1 heterocycles. The lowest BCUT2D eigenvalue weighted by molar-refractivity contribution is 0.0674. The van der Waals surface area contributed by atoms with Gasteiger partial charge in [-0.05, 0) is 64.4 Å². The first-order chi connectivity index (χ1) is 11.3. The molecule has 1 fully saturated rings. The lowest BCUT2D eigenvalue weighted by Crippen LogP contribution is -2.42. The monoisotopic (exact) mass is 353 g/mol. The topological polar surface area (TPSA) is 78.5 Å². The van der Waals surface area contributed by atoms with E-state index in [1.807, 2.05) is 11.9 Å². The van der Waals surface area contributed by atoms with E-state index < -0.39 is 10.0 Å². The van der Waals surface area contributed by atoms with E-state index in [0.29, 0.717) is 18.0 Å². The zero-order valence-electron chi connectivity index (χ0n) is 14.6. The average Bonchev–Trinajstić information content (AvgIpc) is 2.54. The summed E-state index contributed by atoms with van der Waals surface area (Å²) in [5.74, 6) is 0.347. The quantitative estimate of drug-likeness (QED) is 0.811. The first-order valence-electron chi connectivity index (χ1n) is 8.39. The van der Waals surface area contributed by atoms with Gasteiger partial charge in [-0.25, -0.2) is 13.1 Å². The zero-order valence-corrected chi connectivity index (χ0v) is 15.4. The van der Waals surface area contributed by atoms with Gasteiger partial charge in [-0.2, -0.15) is 0 Å². The van der Waals surface area contributed by atoms with Crippen LogP contribution in [-0.2, 0) is 10.0 Å². The van der Waals surface area contributed by atoms with E-state index in [-0.39, 0.29) is 16.8 Å². The van der Waals surface area contributed by atoms with E-state index in [1.165, 1.54) is 12.1 Å². The molecule has 0 saturated carbocycles. The minimum atomic E-state index is -3.60. The molecule has 1 amide bonds. The summed E-state index contributed by atoms with van der Waals surface area (Å²) in [7, 11) is -1.68. The fraction of sp³-hybridized carbons (Fsp3) is 0.588. The molecule has 24 heavy (non-hydrogen) atoms. The van der Waals surface area contributed by atoms with Crippen molar-refractivity contribution in [3.63, 3.8) is 0 Å². The van der Waals surface area contributed by atoms with Crippen LogP contribution >= 0.6 is 0 Å². The number of carbonyl (C=O) groups excluding carboxylic acids is 1. The first kappa shape index (κ1) is 18.9. The van der Waals surface area contributed by atoms with Gasteiger partial charge in [-0.15, -0.1) is 0 Å². The molecule has 134 valence electrons. The molecule has 1 aromatic carbocycles. The molecule has 0 aliphatic carbocycles. The Balaban J connectivity index is 2.17. The molecule has 1 aliphatic rings. The molecule has 0 bridgehead atoms. The van der Waals surface area contributed by atoms with Gasteiger partial charge in [0.15, 0.2) is 0 Å². The summed E-state index contributed by atoms with van der Waals surface area (Å²) < 4.78 is 27.1. The van der Waals surface area contributed by atoms with Gasteiger partial charge in [-0.3, -0.25) is 4.79 Å². The Kier molecular flexibility index (Phi) is 6.37. The molecule has 6 nitrogen and oxygen atoms in total. The Morgan fingerprint density at radius 3 is 2.79 bits per heavy atom. The third kappa shape index (κ3) is 4.78. The number of piperidine rings is 1. The van der Waals surface area contributed by atoms with Crippen LogP contribution in [0.4, 0.5) is 0 Å². The summed E-state index contributed by atoms with van der Waals surface area (Å²) in [5, 5.41) is 3.16. The molecule has 1 aliphatic heterocycles.